The average Bonchev–Trinajstić information content (AvgIpc) is 1.57. The highest BCUT2D eigenvalue weighted by molar-refractivity contribution is 6.61. The zero-order valence-electron chi connectivity index (χ0n) is 41.7. The highest BCUT2D eigenvalue weighted by Crippen LogP contribution is 2.64. The Morgan fingerprint density at radius 3 is 0.462 bits per heavy atom. The predicted octanol–water partition coefficient (Wildman–Crippen LogP) is 19.0. The molecule has 2 unspecified atom stereocenters. The Bertz CT molecular complexity index is 2110. The molecular weight excluding hydrogens is 1530 g/mol. The summed E-state index contributed by atoms with van der Waals surface area (Å²) < 4.78 is 728. The van der Waals surface area contributed by atoms with Crippen LogP contribution < -0.4 is 0 Å². The van der Waals surface area contributed by atoms with Gasteiger partial charge in [-0.25, -0.2) is 8.78 Å². The molecular formula is C33H20F50O8Si2. The molecule has 1 heterocycles. The Kier molecular flexibility index (Phi) is 23.7. The molecule has 1 saturated heterocycles. The lowest BCUT2D eigenvalue weighted by atomic mass is 10.0. The molecule has 93 heavy (non-hydrogen) atoms. The molecule has 558 valence electrons. The summed E-state index contributed by atoms with van der Waals surface area (Å²) in [6.07, 6.45) is -152. The van der Waals surface area contributed by atoms with Crippen LogP contribution in [0.25, 0.3) is 0 Å². The van der Waals surface area contributed by atoms with Crippen molar-refractivity contribution in [2.24, 2.45) is 0 Å². The molecule has 0 aromatic carbocycles. The van der Waals surface area contributed by atoms with Crippen molar-refractivity contribution in [3.8, 4) is 0 Å². The van der Waals surface area contributed by atoms with Crippen LogP contribution in [0.2, 0.25) is 12.1 Å². The lowest BCUT2D eigenvalue weighted by Gasteiger charge is -2.43. The van der Waals surface area contributed by atoms with E-state index in [0.717, 1.165) is 0 Å². The number of alkyl halides is 50. The van der Waals surface area contributed by atoms with Crippen molar-refractivity contribution in [1.82, 2.24) is 0 Å². The Morgan fingerprint density at radius 2 is 0.355 bits per heavy atom. The van der Waals surface area contributed by atoms with Gasteiger partial charge in [0.05, 0.1) is 0 Å². The van der Waals surface area contributed by atoms with Crippen molar-refractivity contribution in [2.45, 2.75) is 203 Å². The van der Waals surface area contributed by atoms with Gasteiger partial charge in [-0.05, 0) is 0 Å². The van der Waals surface area contributed by atoms with E-state index >= 15 is 61.5 Å². The van der Waals surface area contributed by atoms with Crippen LogP contribution in [0, 0.1) is 0 Å². The van der Waals surface area contributed by atoms with Crippen molar-refractivity contribution in [1.29, 1.82) is 0 Å². The van der Waals surface area contributed by atoms with Gasteiger partial charge < -0.3 is 26.6 Å². The van der Waals surface area contributed by atoms with Gasteiger partial charge in [-0.2, -0.15) is 211 Å². The maximum Gasteiger partial charge on any atom is 0.514 e. The van der Waals surface area contributed by atoms with Crippen LogP contribution in [-0.2, 0) is 36.0 Å². The first kappa shape index (κ1) is 87.6. The number of hydrogen-bond donors (Lipinski definition) is 0. The number of halogens is 50. The highest BCUT2D eigenvalue weighted by Gasteiger charge is 2.88. The maximum atomic E-state index is 17.2. The highest BCUT2D eigenvalue weighted by atomic mass is 28.4. The fourth-order valence-electron chi connectivity index (χ4n) is 6.30. The largest absolute Gasteiger partial charge is 0.514 e. The normalized spacial score (nSPS) is 20.7. The zero-order valence-corrected chi connectivity index (χ0v) is 43.7. The molecule has 0 radical (unpaired) electrons. The van der Waals surface area contributed by atoms with E-state index in [1.54, 1.807) is 0 Å². The van der Waals surface area contributed by atoms with E-state index in [-0.39, 0.29) is 0 Å². The molecule has 0 spiro atoms. The molecule has 2 atom stereocenters. The predicted molar refractivity (Wildman–Crippen MR) is 185 cm³/mol. The van der Waals surface area contributed by atoms with Crippen LogP contribution in [0.3, 0.4) is 0 Å². The molecule has 0 aliphatic carbocycles. The minimum atomic E-state index is -10.6. The summed E-state index contributed by atoms with van der Waals surface area (Å²) in [5, 5.41) is 0. The maximum absolute atomic E-state index is 17.2. The first-order valence-corrected chi connectivity index (χ1v) is 25.5. The Morgan fingerprint density at radius 1 is 0.226 bits per heavy atom. The summed E-state index contributed by atoms with van der Waals surface area (Å²) in [5.74, 6) is -71.9. The van der Waals surface area contributed by atoms with Gasteiger partial charge in [0.1, 0.15) is 38.5 Å². The van der Waals surface area contributed by atoms with Crippen LogP contribution in [0.4, 0.5) is 220 Å². The van der Waals surface area contributed by atoms with Gasteiger partial charge in [-0.1, -0.05) is 0 Å². The third kappa shape index (κ3) is 21.6. The molecule has 60 heteroatoms. The number of ether oxygens (including phenoxy) is 2. The lowest BCUT2D eigenvalue weighted by Crippen LogP contribution is -2.66. The lowest BCUT2D eigenvalue weighted by molar-refractivity contribution is -0.459. The van der Waals surface area contributed by atoms with Crippen molar-refractivity contribution in [2.75, 3.05) is 0 Å². The molecule has 1 aliphatic rings. The quantitative estimate of drug-likeness (QED) is 0.0520. The Balaban J connectivity index is 5.24. The van der Waals surface area contributed by atoms with Crippen LogP contribution in [-0.4, -0.2) is 157 Å². The molecule has 1 fully saturated rings. The van der Waals surface area contributed by atoms with E-state index in [1.165, 1.54) is 0 Å². The van der Waals surface area contributed by atoms with Crippen molar-refractivity contribution in [3.63, 3.8) is 0 Å². The molecule has 8 nitrogen and oxygen atoms in total. The molecule has 1 aliphatic heterocycles. The average molecular weight is 1550 g/mol. The van der Waals surface area contributed by atoms with Crippen molar-refractivity contribution >= 4 is 17.6 Å². The second kappa shape index (κ2) is 25.1. The van der Waals surface area contributed by atoms with Gasteiger partial charge in [-0.3, -0.25) is 9.47 Å². The van der Waals surface area contributed by atoms with Crippen LogP contribution in [0.5, 0.6) is 0 Å². The second-order valence-corrected chi connectivity index (χ2v) is 23.3. The zero-order chi connectivity index (χ0) is 75.2. The standard InChI is InChI=1S/C33H20F50O8Si2/c34-11(35,5-19(48,49)50)28(72,73)86-92(87-29(74,75)12(36,37)6-20(51,52)53,88-30(76,77)13(38,39)7-21(54,55)56)3-1-17(46)18(47,85-25(84-17,26(66,67)68)27(69,70)71)2-4-93(89-31(78,79)14(40,41)8-22(57,58)59,90-32(80,81)15(42,43)9-23(60,61)62)91-33(82,83)16(44,45)10-24(63,64)65/h1-10H2. The molecule has 0 amide bonds. The van der Waals surface area contributed by atoms with E-state index in [0.29, 0.717) is 0 Å². The molecule has 0 aromatic heterocycles. The van der Waals surface area contributed by atoms with Crippen molar-refractivity contribution in [3.05, 3.63) is 0 Å². The molecule has 0 saturated carbocycles. The topological polar surface area (TPSA) is 73.8 Å². The van der Waals surface area contributed by atoms with Gasteiger partial charge in [-0.15, -0.1) is 0 Å². The first-order chi connectivity index (χ1) is 39.6. The molecule has 1 rings (SSSR count). The SMILES string of the molecule is FC(F)(F)CC(F)(F)C(F)(F)O[Si](CCC1(F)OC(C(F)(F)F)(C(F)(F)F)OC1(F)CC[Si](OC(F)(F)C(F)(F)CC(F)(F)F)(OC(F)(F)C(F)(F)CC(F)(F)F)OC(F)(F)C(F)(F)CC(F)(F)F)(OC(F)(F)C(F)(F)CC(F)(F)F)OC(F)(F)C(F)(F)CC(F)(F)F. The Labute approximate surface area is 476 Å². The minimum absolute atomic E-state index is 2.13. The van der Waals surface area contributed by atoms with Crippen LogP contribution >= 0.6 is 0 Å². The van der Waals surface area contributed by atoms with E-state index in [4.69, 9.17) is 0 Å². The number of hydrogen-bond acceptors (Lipinski definition) is 8. The van der Waals surface area contributed by atoms with Crippen LogP contribution in [0.15, 0.2) is 0 Å². The van der Waals surface area contributed by atoms with E-state index in [2.05, 4.69) is 36.0 Å². The first-order valence-electron chi connectivity index (χ1n) is 21.6. The number of rotatable bonds is 30. The molecule has 0 bridgehead atoms. The van der Waals surface area contributed by atoms with Gasteiger partial charge in [0.2, 0.25) is 0 Å². The third-order valence-electron chi connectivity index (χ3n) is 10.2. The molecule has 0 aromatic rings. The summed E-state index contributed by atoms with van der Waals surface area (Å²) in [7, 11) is -21.3. The molecule has 0 N–H and O–H groups in total. The van der Waals surface area contributed by atoms with E-state index < -0.39 is 220 Å². The van der Waals surface area contributed by atoms with Gasteiger partial charge in [0.15, 0.2) is 0 Å². The van der Waals surface area contributed by atoms with E-state index in [1.807, 2.05) is 0 Å². The van der Waals surface area contributed by atoms with Gasteiger partial charge in [0.25, 0.3) is 11.7 Å². The van der Waals surface area contributed by atoms with E-state index in [9.17, 15) is 158 Å². The summed E-state index contributed by atoms with van der Waals surface area (Å²) in [6, 6.07) is -10.3. The van der Waals surface area contributed by atoms with Crippen LogP contribution in [0.1, 0.15) is 51.4 Å². The summed E-state index contributed by atoms with van der Waals surface area (Å²) in [6.45, 7) is 0. The summed E-state index contributed by atoms with van der Waals surface area (Å²) in [5.41, 5.74) is 0. The fraction of sp³-hybridized carbons (Fsp3) is 1.00. The smallest absolute Gasteiger partial charge is 0.308 e. The Hall–Kier alpha value is -3.39. The van der Waals surface area contributed by atoms with Crippen molar-refractivity contribution < 1.29 is 256 Å². The third-order valence-corrected chi connectivity index (χ3v) is 15.3. The van der Waals surface area contributed by atoms with Gasteiger partial charge >= 0.3 is 145 Å². The summed E-state index contributed by atoms with van der Waals surface area (Å²) in [4.78, 5) is 0. The summed E-state index contributed by atoms with van der Waals surface area (Å²) >= 11 is 0. The monoisotopic (exact) mass is 1550 g/mol. The van der Waals surface area contributed by atoms with Gasteiger partial charge in [0, 0.05) is 24.9 Å². The minimum Gasteiger partial charge on any atom is -0.308 e. The fourth-order valence-corrected chi connectivity index (χ4v) is 11.7. The second-order valence-electron chi connectivity index (χ2n) is 18.3.